The van der Waals surface area contributed by atoms with E-state index in [4.69, 9.17) is 38.7 Å². The van der Waals surface area contributed by atoms with Crippen molar-refractivity contribution in [1.29, 1.82) is 0 Å². The molecule has 8 aromatic rings. The minimum atomic E-state index is -4.66. The Morgan fingerprint density at radius 3 is 1.81 bits per heavy atom. The van der Waals surface area contributed by atoms with Crippen LogP contribution in [0.4, 0.5) is 5.82 Å². The van der Waals surface area contributed by atoms with Gasteiger partial charge in [-0.05, 0) is 47.0 Å². The third kappa shape index (κ3) is 10.7. The number of anilines is 1. The number of fused-ring (bicyclic) bond motifs is 1. The average Bonchev–Trinajstić information content (AvgIpc) is 4.03. The summed E-state index contributed by atoms with van der Waals surface area (Å²) in [6.07, 6.45) is -4.37. The minimum Gasteiger partial charge on any atom is -0.497 e. The maximum atomic E-state index is 15.9. The molecule has 3 N–H and O–H groups in total. The van der Waals surface area contributed by atoms with Gasteiger partial charge in [-0.1, -0.05) is 163 Å². The highest BCUT2D eigenvalue weighted by molar-refractivity contribution is 7.53. The molecule has 3 heterocycles. The number of carbonyl (C=O) groups excluding carboxylic acids is 1. The summed E-state index contributed by atoms with van der Waals surface area (Å²) in [6.45, 7) is 2.33. The Bertz CT molecular complexity index is 3030. The number of aromatic nitrogens is 4. The molecule has 0 saturated carbocycles. The van der Waals surface area contributed by atoms with E-state index in [0.29, 0.717) is 39.9 Å². The van der Waals surface area contributed by atoms with Crippen molar-refractivity contribution in [1.82, 2.24) is 19.5 Å². The van der Waals surface area contributed by atoms with E-state index in [1.807, 2.05) is 121 Å². The summed E-state index contributed by atoms with van der Waals surface area (Å²) in [4.78, 5) is 41.6. The topological polar surface area (TPSA) is 189 Å². The number of carbonyl (C=O) groups is 1. The van der Waals surface area contributed by atoms with E-state index in [0.717, 1.165) is 10.4 Å². The first-order valence-electron chi connectivity index (χ1n) is 23.9. The summed E-state index contributed by atoms with van der Waals surface area (Å²) in [7, 11) is -2.64. The van der Waals surface area contributed by atoms with Crippen LogP contribution in [0, 0.1) is 0 Å². The molecule has 1 fully saturated rings. The van der Waals surface area contributed by atoms with Crippen molar-refractivity contribution in [3.8, 4) is 11.5 Å². The maximum Gasteiger partial charge on any atom is 0.328 e. The van der Waals surface area contributed by atoms with E-state index in [1.54, 1.807) is 43.1 Å². The number of nitrogen functional groups attached to an aromatic ring is 1. The summed E-state index contributed by atoms with van der Waals surface area (Å²) < 4.78 is 62.0. The van der Waals surface area contributed by atoms with Crippen molar-refractivity contribution < 1.29 is 47.2 Å². The Hall–Kier alpha value is -6.85. The molecular weight excluding hydrogens is 962 g/mol. The lowest BCUT2D eigenvalue weighted by Gasteiger charge is -2.41. The van der Waals surface area contributed by atoms with Gasteiger partial charge >= 0.3 is 7.60 Å². The van der Waals surface area contributed by atoms with Crippen LogP contribution in [-0.2, 0) is 33.6 Å². The van der Waals surface area contributed by atoms with Crippen LogP contribution in [0.5, 0.6) is 11.5 Å². The highest BCUT2D eigenvalue weighted by Gasteiger charge is 2.57. The van der Waals surface area contributed by atoms with E-state index < -0.39 is 57.7 Å². The molecule has 6 atom stereocenters. The number of methoxy groups -OCH3 is 3. The van der Waals surface area contributed by atoms with Gasteiger partial charge in [-0.2, -0.15) is 0 Å². The van der Waals surface area contributed by atoms with E-state index in [9.17, 15) is 4.89 Å². The summed E-state index contributed by atoms with van der Waals surface area (Å²) in [5, 5.41) is 2.18. The van der Waals surface area contributed by atoms with Crippen molar-refractivity contribution in [3.05, 3.63) is 205 Å². The molecule has 15 nitrogen and oxygen atoms in total. The lowest BCUT2D eigenvalue weighted by atomic mass is 9.79. The zero-order chi connectivity index (χ0) is 51.0. The number of benzene rings is 6. The SMILES string of the molecule is COCCO[C@@H]1[C@H](OP(=O)(O)CC[Si](C)(c2ccccc2)c2ccccc2)[C@@H](C(OC(c2ccccc2)(c2ccc(OC)cc2)c2ccc(OC)cc2)C(=O)c2ccccc2)O[C@H]1n1cnc2c(N)ncnc21. The molecule has 0 aliphatic carbocycles. The van der Waals surface area contributed by atoms with Crippen LogP contribution in [0.3, 0.4) is 0 Å². The molecule has 1 saturated heterocycles. The molecule has 0 bridgehead atoms. The molecule has 0 radical (unpaired) electrons. The Morgan fingerprint density at radius 2 is 1.26 bits per heavy atom. The molecule has 0 amide bonds. The summed E-state index contributed by atoms with van der Waals surface area (Å²) in [5.74, 6) is 0.816. The van der Waals surface area contributed by atoms with Crippen molar-refractivity contribution in [3.63, 3.8) is 0 Å². The van der Waals surface area contributed by atoms with Gasteiger partial charge in [0.05, 0.1) is 33.8 Å². The quantitative estimate of drug-likeness (QED) is 0.0218. The predicted molar refractivity (Wildman–Crippen MR) is 281 cm³/mol. The highest BCUT2D eigenvalue weighted by Crippen LogP contribution is 2.52. The second-order valence-electron chi connectivity index (χ2n) is 17.9. The number of Topliss-reactive ketones (excluding diaryl/α,β-unsaturated/α-hetero) is 1. The summed E-state index contributed by atoms with van der Waals surface area (Å²) in [6, 6.07) is 53.5. The van der Waals surface area contributed by atoms with Gasteiger partial charge in [0.25, 0.3) is 0 Å². The normalized spacial score (nSPS) is 18.3. The summed E-state index contributed by atoms with van der Waals surface area (Å²) in [5.41, 5.74) is 7.52. The Balaban J connectivity index is 1.24. The third-order valence-electron chi connectivity index (χ3n) is 13.6. The second kappa shape index (κ2) is 22.5. The lowest BCUT2D eigenvalue weighted by Crippen LogP contribution is -2.56. The van der Waals surface area contributed by atoms with Crippen molar-refractivity contribution >= 4 is 48.8 Å². The van der Waals surface area contributed by atoms with Gasteiger partial charge in [-0.25, -0.2) is 15.0 Å². The Kier molecular flexibility index (Phi) is 15.7. The fourth-order valence-corrected chi connectivity index (χ4v) is 16.1. The molecule has 2 aromatic heterocycles. The molecule has 2 unspecified atom stereocenters. The number of hydrogen-bond acceptors (Lipinski definition) is 13. The first kappa shape index (κ1) is 51.1. The van der Waals surface area contributed by atoms with Gasteiger partial charge in [-0.3, -0.25) is 18.5 Å². The number of nitrogens with zero attached hydrogens (tertiary/aromatic N) is 4. The van der Waals surface area contributed by atoms with Gasteiger partial charge in [0.15, 0.2) is 29.6 Å². The van der Waals surface area contributed by atoms with Crippen molar-refractivity contribution in [2.45, 2.75) is 48.8 Å². The van der Waals surface area contributed by atoms with Crippen LogP contribution in [-0.4, -0.2) is 103 Å². The van der Waals surface area contributed by atoms with E-state index >= 15 is 9.36 Å². The van der Waals surface area contributed by atoms with Gasteiger partial charge in [0, 0.05) is 18.8 Å². The molecule has 73 heavy (non-hydrogen) atoms. The molecule has 17 heteroatoms. The number of ether oxygens (including phenoxy) is 6. The Labute approximate surface area is 425 Å². The number of nitrogens with two attached hydrogens (primary N) is 1. The zero-order valence-corrected chi connectivity index (χ0v) is 42.9. The first-order chi connectivity index (χ1) is 35.5. The smallest absolute Gasteiger partial charge is 0.328 e. The van der Waals surface area contributed by atoms with Crippen LogP contribution in [0.15, 0.2) is 183 Å². The molecule has 1 aliphatic heterocycles. The Morgan fingerprint density at radius 1 is 0.726 bits per heavy atom. The molecule has 1 aliphatic rings. The van der Waals surface area contributed by atoms with Crippen LogP contribution in [0.2, 0.25) is 12.6 Å². The molecule has 0 spiro atoms. The lowest BCUT2D eigenvalue weighted by molar-refractivity contribution is -0.125. The van der Waals surface area contributed by atoms with E-state index in [-0.39, 0.29) is 36.3 Å². The monoisotopic (exact) mass is 1020 g/mol. The fourth-order valence-electron chi connectivity index (χ4n) is 9.68. The van der Waals surface area contributed by atoms with Gasteiger partial charge in [0.1, 0.15) is 55.3 Å². The number of rotatable bonds is 22. The minimum absolute atomic E-state index is 0.00386. The third-order valence-corrected chi connectivity index (χ3v) is 19.8. The van der Waals surface area contributed by atoms with E-state index in [1.165, 1.54) is 19.8 Å². The van der Waals surface area contributed by atoms with Crippen LogP contribution in [0.1, 0.15) is 33.3 Å². The van der Waals surface area contributed by atoms with Crippen molar-refractivity contribution in [2.75, 3.05) is 46.4 Å². The zero-order valence-electron chi connectivity index (χ0n) is 41.0. The standard InChI is InChI=1S/C56H58N5O10PSi/c1-65-33-34-68-52-51(71-72(63,64)35-36-73(4,45-21-13-7-14-22-45)46-23-15-8-16-24-46)50(69-55(52)61-38-60-47-53(57)58-37-59-54(47)61)49(48(62)39-17-9-5-10-18-39)70-56(40-19-11-6-12-20-40,41-25-29-43(66-2)30-26-41)42-27-31-44(67-3)32-28-42/h5-32,37-38,49-52,55H,33-36H2,1-4H3,(H,63,64)(H2,57,58,59)/t49?,50-,51-,52-,55-/m1/s1. The number of ketones is 1. The van der Waals surface area contributed by atoms with Crippen LogP contribution < -0.4 is 25.6 Å². The van der Waals surface area contributed by atoms with Crippen LogP contribution >= 0.6 is 7.60 Å². The fraction of sp³-hybridized carbons (Fsp3) is 0.250. The predicted octanol–water partition coefficient (Wildman–Crippen LogP) is 8.08. The second-order valence-corrected chi connectivity index (χ2v) is 24.2. The van der Waals surface area contributed by atoms with Gasteiger partial charge < -0.3 is 39.0 Å². The highest BCUT2D eigenvalue weighted by atomic mass is 31.2. The van der Waals surface area contributed by atoms with Crippen LogP contribution in [0.25, 0.3) is 11.2 Å². The number of imidazole rings is 1. The largest absolute Gasteiger partial charge is 0.497 e. The molecule has 6 aromatic carbocycles. The van der Waals surface area contributed by atoms with Gasteiger partial charge in [0.2, 0.25) is 0 Å². The molecular formula is C56H58N5O10PSi. The molecule has 9 rings (SSSR count). The molecule has 376 valence electrons. The average molecular weight is 1020 g/mol. The number of hydrogen-bond donors (Lipinski definition) is 2. The first-order valence-corrected chi connectivity index (χ1v) is 28.4. The summed E-state index contributed by atoms with van der Waals surface area (Å²) >= 11 is 0. The van der Waals surface area contributed by atoms with Gasteiger partial charge in [-0.15, -0.1) is 0 Å². The van der Waals surface area contributed by atoms with E-state index in [2.05, 4.69) is 45.8 Å². The van der Waals surface area contributed by atoms with Crippen molar-refractivity contribution in [2.24, 2.45) is 0 Å². The maximum absolute atomic E-state index is 15.9.